The van der Waals surface area contributed by atoms with Gasteiger partial charge < -0.3 is 14.8 Å². The standard InChI is InChI=1S/C19H25N3O3/c1-15-7-10-20-22(15)11-8-19(23)21-17-9-12-24-14-18(17)25-13-16-5-3-2-4-6-16/h2-7,10,17-18H,8-9,11-14H2,1H3,(H,21,23)/t17-,18-/m1/s1. The maximum Gasteiger partial charge on any atom is 0.222 e. The van der Waals surface area contributed by atoms with Crippen molar-refractivity contribution in [2.24, 2.45) is 0 Å². The monoisotopic (exact) mass is 343 g/mol. The van der Waals surface area contributed by atoms with Crippen LogP contribution in [0.4, 0.5) is 0 Å². The summed E-state index contributed by atoms with van der Waals surface area (Å²) in [5.74, 6) is 0.0233. The highest BCUT2D eigenvalue weighted by atomic mass is 16.5. The lowest BCUT2D eigenvalue weighted by Gasteiger charge is -2.32. The molecule has 0 saturated carbocycles. The minimum Gasteiger partial charge on any atom is -0.379 e. The fraction of sp³-hybridized carbons (Fsp3) is 0.474. The van der Waals surface area contributed by atoms with Crippen molar-refractivity contribution in [3.05, 3.63) is 53.9 Å². The summed E-state index contributed by atoms with van der Waals surface area (Å²) in [6.07, 6.45) is 2.81. The molecule has 1 aliphatic heterocycles. The first-order chi connectivity index (χ1) is 12.2. The van der Waals surface area contributed by atoms with Gasteiger partial charge in [0.15, 0.2) is 0 Å². The number of rotatable bonds is 7. The summed E-state index contributed by atoms with van der Waals surface area (Å²) in [6.45, 7) is 4.25. The fourth-order valence-corrected chi connectivity index (χ4v) is 2.94. The second-order valence-corrected chi connectivity index (χ2v) is 6.32. The fourth-order valence-electron chi connectivity index (χ4n) is 2.94. The molecule has 2 atom stereocenters. The van der Waals surface area contributed by atoms with E-state index < -0.39 is 0 Å². The Kier molecular flexibility index (Phi) is 6.19. The molecule has 2 aromatic rings. The first kappa shape index (κ1) is 17.6. The molecule has 0 aliphatic carbocycles. The SMILES string of the molecule is Cc1ccnn1CCC(=O)N[C@@H]1CCOC[C@H]1OCc1ccccc1. The number of amides is 1. The van der Waals surface area contributed by atoms with Crippen molar-refractivity contribution in [2.75, 3.05) is 13.2 Å². The van der Waals surface area contributed by atoms with Crippen LogP contribution in [0.2, 0.25) is 0 Å². The number of benzene rings is 1. The summed E-state index contributed by atoms with van der Waals surface area (Å²) in [6, 6.07) is 12.0. The average Bonchev–Trinajstić information content (AvgIpc) is 3.05. The molecule has 0 spiro atoms. The summed E-state index contributed by atoms with van der Waals surface area (Å²) < 4.78 is 13.4. The van der Waals surface area contributed by atoms with Gasteiger partial charge in [-0.05, 0) is 25.0 Å². The third-order valence-electron chi connectivity index (χ3n) is 4.44. The zero-order chi connectivity index (χ0) is 17.5. The normalized spacial score (nSPS) is 20.4. The highest BCUT2D eigenvalue weighted by Crippen LogP contribution is 2.14. The van der Waals surface area contributed by atoms with Crippen LogP contribution >= 0.6 is 0 Å². The smallest absolute Gasteiger partial charge is 0.222 e. The molecule has 25 heavy (non-hydrogen) atoms. The number of hydrogen-bond acceptors (Lipinski definition) is 4. The quantitative estimate of drug-likeness (QED) is 0.836. The maximum atomic E-state index is 12.3. The highest BCUT2D eigenvalue weighted by Gasteiger charge is 2.27. The molecule has 6 nitrogen and oxygen atoms in total. The van der Waals surface area contributed by atoms with Crippen LogP contribution in [0.3, 0.4) is 0 Å². The lowest BCUT2D eigenvalue weighted by molar-refractivity contribution is -0.126. The van der Waals surface area contributed by atoms with Gasteiger partial charge in [-0.25, -0.2) is 0 Å². The number of carbonyl (C=O) groups excluding carboxylic acids is 1. The van der Waals surface area contributed by atoms with Crippen molar-refractivity contribution in [1.29, 1.82) is 0 Å². The Labute approximate surface area is 148 Å². The predicted molar refractivity (Wildman–Crippen MR) is 94.0 cm³/mol. The van der Waals surface area contributed by atoms with E-state index in [2.05, 4.69) is 10.4 Å². The van der Waals surface area contributed by atoms with Crippen LogP contribution in [0.25, 0.3) is 0 Å². The lowest BCUT2D eigenvalue weighted by atomic mass is 10.1. The highest BCUT2D eigenvalue weighted by molar-refractivity contribution is 5.76. The van der Waals surface area contributed by atoms with Crippen molar-refractivity contribution >= 4 is 5.91 Å². The van der Waals surface area contributed by atoms with Crippen molar-refractivity contribution < 1.29 is 14.3 Å². The number of aromatic nitrogens is 2. The number of hydrogen-bond donors (Lipinski definition) is 1. The molecule has 0 radical (unpaired) electrons. The summed E-state index contributed by atoms with van der Waals surface area (Å²) in [7, 11) is 0. The van der Waals surface area contributed by atoms with Crippen LogP contribution in [-0.4, -0.2) is 41.0 Å². The van der Waals surface area contributed by atoms with Crippen LogP contribution in [0.15, 0.2) is 42.6 Å². The van der Waals surface area contributed by atoms with Gasteiger partial charge in [0.2, 0.25) is 5.91 Å². The molecule has 0 bridgehead atoms. The van der Waals surface area contributed by atoms with Gasteiger partial charge >= 0.3 is 0 Å². The van der Waals surface area contributed by atoms with Gasteiger partial charge in [0.25, 0.3) is 0 Å². The van der Waals surface area contributed by atoms with Crippen molar-refractivity contribution in [3.8, 4) is 0 Å². The second-order valence-electron chi connectivity index (χ2n) is 6.32. The predicted octanol–water partition coefficient (Wildman–Crippen LogP) is 2.07. The van der Waals surface area contributed by atoms with Gasteiger partial charge in [0.05, 0.1) is 19.3 Å². The van der Waals surface area contributed by atoms with E-state index in [1.165, 1.54) is 0 Å². The van der Waals surface area contributed by atoms with Crippen LogP contribution in [-0.2, 0) is 27.4 Å². The molecule has 1 aliphatic rings. The van der Waals surface area contributed by atoms with Gasteiger partial charge in [-0.3, -0.25) is 9.48 Å². The molecule has 1 amide bonds. The Morgan fingerprint density at radius 2 is 2.20 bits per heavy atom. The number of nitrogens with zero attached hydrogens (tertiary/aromatic N) is 2. The number of aryl methyl sites for hydroxylation is 2. The number of carbonyl (C=O) groups is 1. The Bertz CT molecular complexity index is 672. The Balaban J connectivity index is 1.48. The molecule has 3 rings (SSSR count). The molecule has 1 saturated heterocycles. The zero-order valence-electron chi connectivity index (χ0n) is 14.6. The van der Waals surface area contributed by atoms with E-state index >= 15 is 0 Å². The Morgan fingerprint density at radius 3 is 2.96 bits per heavy atom. The van der Waals surface area contributed by atoms with Gasteiger partial charge in [-0.15, -0.1) is 0 Å². The minimum absolute atomic E-state index is 0.0105. The number of nitrogens with one attached hydrogen (secondary N) is 1. The van der Waals surface area contributed by atoms with Crippen molar-refractivity contribution in [2.45, 2.75) is 45.1 Å². The lowest BCUT2D eigenvalue weighted by Crippen LogP contribution is -2.50. The van der Waals surface area contributed by atoms with Crippen molar-refractivity contribution in [3.63, 3.8) is 0 Å². The van der Waals surface area contributed by atoms with Gasteiger partial charge in [0.1, 0.15) is 6.10 Å². The van der Waals surface area contributed by atoms with E-state index in [0.717, 1.165) is 17.7 Å². The Hall–Kier alpha value is -2.18. The molecule has 1 fully saturated rings. The van der Waals surface area contributed by atoms with Crippen molar-refractivity contribution in [1.82, 2.24) is 15.1 Å². The minimum atomic E-state index is -0.121. The molecular formula is C19H25N3O3. The van der Waals surface area contributed by atoms with Gasteiger partial charge in [0, 0.05) is 31.5 Å². The van der Waals surface area contributed by atoms with Crippen LogP contribution in [0, 0.1) is 6.92 Å². The zero-order valence-corrected chi connectivity index (χ0v) is 14.6. The van der Waals surface area contributed by atoms with E-state index in [9.17, 15) is 4.79 Å². The second kappa shape index (κ2) is 8.78. The molecule has 6 heteroatoms. The molecular weight excluding hydrogens is 318 g/mol. The van der Waals surface area contributed by atoms with Gasteiger partial charge in [-0.1, -0.05) is 30.3 Å². The van der Waals surface area contributed by atoms with Crippen LogP contribution < -0.4 is 5.32 Å². The summed E-state index contributed by atoms with van der Waals surface area (Å²) in [5.41, 5.74) is 2.18. The van der Waals surface area contributed by atoms with Crippen LogP contribution in [0.1, 0.15) is 24.1 Å². The van der Waals surface area contributed by atoms with E-state index in [-0.39, 0.29) is 18.1 Å². The van der Waals surface area contributed by atoms with E-state index in [1.54, 1.807) is 6.20 Å². The summed E-state index contributed by atoms with van der Waals surface area (Å²) in [5, 5.41) is 7.31. The van der Waals surface area contributed by atoms with Gasteiger partial charge in [-0.2, -0.15) is 5.10 Å². The largest absolute Gasteiger partial charge is 0.379 e. The third-order valence-corrected chi connectivity index (χ3v) is 4.44. The Morgan fingerprint density at radius 1 is 1.36 bits per heavy atom. The molecule has 1 aromatic carbocycles. The maximum absolute atomic E-state index is 12.3. The first-order valence-electron chi connectivity index (χ1n) is 8.73. The summed E-state index contributed by atoms with van der Waals surface area (Å²) >= 11 is 0. The first-order valence-corrected chi connectivity index (χ1v) is 8.73. The topological polar surface area (TPSA) is 65.4 Å². The summed E-state index contributed by atoms with van der Waals surface area (Å²) in [4.78, 5) is 12.3. The number of ether oxygens (including phenoxy) is 2. The molecule has 134 valence electrons. The van der Waals surface area contributed by atoms with E-state index in [0.29, 0.717) is 32.8 Å². The molecule has 0 unspecified atom stereocenters. The molecule has 1 aromatic heterocycles. The molecule has 2 heterocycles. The van der Waals surface area contributed by atoms with Crippen LogP contribution in [0.5, 0.6) is 0 Å². The van der Waals surface area contributed by atoms with E-state index in [1.807, 2.05) is 48.0 Å². The average molecular weight is 343 g/mol. The third kappa shape index (κ3) is 5.14. The molecule has 1 N–H and O–H groups in total. The van der Waals surface area contributed by atoms with E-state index in [4.69, 9.17) is 9.47 Å².